The van der Waals surface area contributed by atoms with Gasteiger partial charge in [-0.2, -0.15) is 0 Å². The summed E-state index contributed by atoms with van der Waals surface area (Å²) < 4.78 is 9.78. The van der Waals surface area contributed by atoms with Crippen molar-refractivity contribution in [2.24, 2.45) is 0 Å². The van der Waals surface area contributed by atoms with Crippen molar-refractivity contribution in [1.82, 2.24) is 0 Å². The topological polar surface area (TPSA) is 18.5 Å². The molecule has 0 aromatic rings. The van der Waals surface area contributed by atoms with Gasteiger partial charge in [-0.3, -0.25) is 0 Å². The summed E-state index contributed by atoms with van der Waals surface area (Å²) in [6.45, 7) is 1.97. The highest BCUT2D eigenvalue weighted by atomic mass is 79.9. The highest BCUT2D eigenvalue weighted by Gasteiger charge is 2.10. The fourth-order valence-corrected chi connectivity index (χ4v) is 0.903. The normalized spacial score (nSPS) is 14.6. The van der Waals surface area contributed by atoms with Crippen LogP contribution < -0.4 is 0 Å². The number of hydrogen-bond acceptors (Lipinski definition) is 2. The molecule has 0 aliphatic rings. The minimum atomic E-state index is -0.130. The molecule has 2 nitrogen and oxygen atoms in total. The van der Waals surface area contributed by atoms with Crippen molar-refractivity contribution in [2.45, 2.75) is 18.0 Å². The summed E-state index contributed by atoms with van der Waals surface area (Å²) in [5.74, 6) is 0. The van der Waals surface area contributed by atoms with E-state index in [1.54, 1.807) is 14.2 Å². The molecular weight excluding hydrogens is 172 g/mol. The monoisotopic (exact) mass is 182 g/mol. The summed E-state index contributed by atoms with van der Waals surface area (Å²) in [5, 5.41) is 0. The van der Waals surface area contributed by atoms with Crippen LogP contribution >= 0.6 is 15.9 Å². The molecule has 0 N–H and O–H groups in total. The van der Waals surface area contributed by atoms with Gasteiger partial charge in [0.15, 0.2) is 6.29 Å². The standard InChI is InChI=1S/C5H11BrO2/c1-4(6)5(7-2)8-3/h4-5H,1-3H3. The molecule has 0 spiro atoms. The van der Waals surface area contributed by atoms with Gasteiger partial charge in [0, 0.05) is 14.2 Å². The third-order valence-electron chi connectivity index (χ3n) is 0.840. The second kappa shape index (κ2) is 4.30. The zero-order valence-corrected chi connectivity index (χ0v) is 6.94. The third-order valence-corrected chi connectivity index (χ3v) is 1.27. The van der Waals surface area contributed by atoms with Gasteiger partial charge < -0.3 is 9.47 Å². The molecule has 0 radical (unpaired) electrons. The summed E-state index contributed by atoms with van der Waals surface area (Å²) in [7, 11) is 3.23. The summed E-state index contributed by atoms with van der Waals surface area (Å²) in [4.78, 5) is 0.248. The maximum Gasteiger partial charge on any atom is 0.168 e. The molecule has 3 heteroatoms. The Kier molecular flexibility index (Phi) is 4.51. The van der Waals surface area contributed by atoms with E-state index < -0.39 is 0 Å². The Labute approximate surface area is 58.3 Å². The van der Waals surface area contributed by atoms with E-state index in [0.717, 1.165) is 0 Å². The third kappa shape index (κ3) is 2.64. The molecular formula is C5H11BrO2. The van der Waals surface area contributed by atoms with Crippen molar-refractivity contribution in [2.75, 3.05) is 14.2 Å². The summed E-state index contributed by atoms with van der Waals surface area (Å²) in [6, 6.07) is 0. The van der Waals surface area contributed by atoms with Crippen LogP contribution in [0.2, 0.25) is 0 Å². The number of alkyl halides is 1. The van der Waals surface area contributed by atoms with Crippen LogP contribution in [0, 0.1) is 0 Å². The highest BCUT2D eigenvalue weighted by molar-refractivity contribution is 9.09. The maximum absolute atomic E-state index is 4.89. The Morgan fingerprint density at radius 2 is 1.62 bits per heavy atom. The Bertz CT molecular complexity index is 52.4. The van der Waals surface area contributed by atoms with Crippen LogP contribution in [0.4, 0.5) is 0 Å². The van der Waals surface area contributed by atoms with E-state index in [1.807, 2.05) is 6.92 Å². The quantitative estimate of drug-likeness (QED) is 0.486. The van der Waals surface area contributed by atoms with Gasteiger partial charge in [0.25, 0.3) is 0 Å². The second-order valence-corrected chi connectivity index (χ2v) is 2.96. The van der Waals surface area contributed by atoms with Crippen LogP contribution in [-0.4, -0.2) is 25.3 Å². The van der Waals surface area contributed by atoms with Gasteiger partial charge in [-0.15, -0.1) is 0 Å². The number of halogens is 1. The minimum Gasteiger partial charge on any atom is -0.355 e. The lowest BCUT2D eigenvalue weighted by Crippen LogP contribution is -2.21. The molecule has 8 heavy (non-hydrogen) atoms. The Balaban J connectivity index is 3.35. The van der Waals surface area contributed by atoms with Crippen LogP contribution in [-0.2, 0) is 9.47 Å². The SMILES string of the molecule is COC(OC)C(C)Br. The molecule has 50 valence electrons. The molecule has 1 atom stereocenters. The van der Waals surface area contributed by atoms with Crippen LogP contribution in [0.5, 0.6) is 0 Å². The van der Waals surface area contributed by atoms with Gasteiger partial charge >= 0.3 is 0 Å². The number of ether oxygens (including phenoxy) is 2. The zero-order valence-electron chi connectivity index (χ0n) is 5.35. The molecule has 0 aromatic carbocycles. The Hall–Kier alpha value is 0.400. The van der Waals surface area contributed by atoms with Crippen molar-refractivity contribution >= 4 is 15.9 Å². The molecule has 0 aliphatic heterocycles. The molecule has 0 amide bonds. The van der Waals surface area contributed by atoms with Gasteiger partial charge in [0.05, 0.1) is 4.83 Å². The van der Waals surface area contributed by atoms with E-state index in [-0.39, 0.29) is 11.1 Å². The summed E-state index contributed by atoms with van der Waals surface area (Å²) >= 11 is 3.31. The van der Waals surface area contributed by atoms with Crippen LogP contribution in [0.25, 0.3) is 0 Å². The van der Waals surface area contributed by atoms with E-state index in [4.69, 9.17) is 9.47 Å². The molecule has 0 aliphatic carbocycles. The number of rotatable bonds is 3. The van der Waals surface area contributed by atoms with Crippen LogP contribution in [0.3, 0.4) is 0 Å². The number of hydrogen-bond donors (Lipinski definition) is 0. The predicted molar refractivity (Wildman–Crippen MR) is 36.2 cm³/mol. The van der Waals surface area contributed by atoms with E-state index in [0.29, 0.717) is 0 Å². The first-order valence-corrected chi connectivity index (χ1v) is 3.33. The highest BCUT2D eigenvalue weighted by Crippen LogP contribution is 2.07. The molecule has 0 heterocycles. The van der Waals surface area contributed by atoms with Gasteiger partial charge in [0.2, 0.25) is 0 Å². The molecule has 0 aromatic heterocycles. The molecule has 0 bridgehead atoms. The maximum atomic E-state index is 4.89. The lowest BCUT2D eigenvalue weighted by atomic mass is 10.5. The molecule has 0 rings (SSSR count). The Morgan fingerprint density at radius 1 is 1.25 bits per heavy atom. The molecule has 1 unspecified atom stereocenters. The van der Waals surface area contributed by atoms with Gasteiger partial charge in [-0.05, 0) is 6.92 Å². The van der Waals surface area contributed by atoms with E-state index in [9.17, 15) is 0 Å². The van der Waals surface area contributed by atoms with E-state index in [2.05, 4.69) is 15.9 Å². The fraction of sp³-hybridized carbons (Fsp3) is 1.00. The van der Waals surface area contributed by atoms with E-state index in [1.165, 1.54) is 0 Å². The van der Waals surface area contributed by atoms with Gasteiger partial charge in [-0.25, -0.2) is 0 Å². The first-order valence-electron chi connectivity index (χ1n) is 2.42. The van der Waals surface area contributed by atoms with Crippen LogP contribution in [0.1, 0.15) is 6.92 Å². The van der Waals surface area contributed by atoms with Gasteiger partial charge in [0.1, 0.15) is 0 Å². The van der Waals surface area contributed by atoms with Crippen molar-refractivity contribution in [3.8, 4) is 0 Å². The zero-order chi connectivity index (χ0) is 6.57. The van der Waals surface area contributed by atoms with Crippen molar-refractivity contribution in [3.63, 3.8) is 0 Å². The van der Waals surface area contributed by atoms with Crippen molar-refractivity contribution < 1.29 is 9.47 Å². The summed E-state index contributed by atoms with van der Waals surface area (Å²) in [5.41, 5.74) is 0. The van der Waals surface area contributed by atoms with Crippen LogP contribution in [0.15, 0.2) is 0 Å². The first-order chi connectivity index (χ1) is 3.72. The molecule has 0 saturated heterocycles. The first kappa shape index (κ1) is 8.40. The molecule has 0 fully saturated rings. The largest absolute Gasteiger partial charge is 0.355 e. The number of methoxy groups -OCH3 is 2. The molecule has 0 saturated carbocycles. The Morgan fingerprint density at radius 3 is 1.62 bits per heavy atom. The van der Waals surface area contributed by atoms with Crippen molar-refractivity contribution in [1.29, 1.82) is 0 Å². The minimum absolute atomic E-state index is 0.130. The smallest absolute Gasteiger partial charge is 0.168 e. The lowest BCUT2D eigenvalue weighted by Gasteiger charge is -2.14. The van der Waals surface area contributed by atoms with Gasteiger partial charge in [-0.1, -0.05) is 15.9 Å². The second-order valence-electron chi connectivity index (χ2n) is 1.52. The lowest BCUT2D eigenvalue weighted by molar-refractivity contribution is -0.0977. The average molecular weight is 183 g/mol. The summed E-state index contributed by atoms with van der Waals surface area (Å²) in [6.07, 6.45) is -0.130. The van der Waals surface area contributed by atoms with Crippen molar-refractivity contribution in [3.05, 3.63) is 0 Å². The fourth-order valence-electron chi connectivity index (χ4n) is 0.471. The predicted octanol–water partition coefficient (Wildman–Crippen LogP) is 1.39. The average Bonchev–Trinajstić information content (AvgIpc) is 1.69. The van der Waals surface area contributed by atoms with E-state index >= 15 is 0 Å².